The molecule has 106 valence electrons. The second-order valence-electron chi connectivity index (χ2n) is 6.01. The number of nitrogens with zero attached hydrogens (tertiary/aromatic N) is 2. The first-order valence-corrected chi connectivity index (χ1v) is 7.35. The van der Waals surface area contributed by atoms with Gasteiger partial charge < -0.3 is 10.2 Å². The van der Waals surface area contributed by atoms with E-state index in [1.54, 1.807) is 0 Å². The second-order valence-corrected chi connectivity index (χ2v) is 6.01. The molecule has 0 saturated heterocycles. The third-order valence-electron chi connectivity index (χ3n) is 4.24. The van der Waals surface area contributed by atoms with Gasteiger partial charge in [-0.05, 0) is 50.7 Å². The summed E-state index contributed by atoms with van der Waals surface area (Å²) < 4.78 is 0. The zero-order valence-electron chi connectivity index (χ0n) is 12.9. The van der Waals surface area contributed by atoms with Crippen molar-refractivity contribution in [3.63, 3.8) is 0 Å². The number of rotatable bonds is 2. The maximum absolute atomic E-state index is 4.98. The zero-order chi connectivity index (χ0) is 14.3. The number of hydrogen-bond acceptors (Lipinski definition) is 3. The highest BCUT2D eigenvalue weighted by Crippen LogP contribution is 2.30. The van der Waals surface area contributed by atoms with Crippen molar-refractivity contribution >= 4 is 10.9 Å². The lowest BCUT2D eigenvalue weighted by molar-refractivity contribution is 0.309. The quantitative estimate of drug-likeness (QED) is 0.908. The van der Waals surface area contributed by atoms with Crippen LogP contribution in [0.5, 0.6) is 0 Å². The van der Waals surface area contributed by atoms with Crippen LogP contribution >= 0.6 is 0 Å². The Balaban J connectivity index is 2.32. The largest absolute Gasteiger partial charge is 0.316 e. The first kappa shape index (κ1) is 13.5. The summed E-state index contributed by atoms with van der Waals surface area (Å²) in [7, 11) is 4.21. The molecule has 0 saturated carbocycles. The van der Waals surface area contributed by atoms with E-state index < -0.39 is 0 Å². The molecule has 0 unspecified atom stereocenters. The molecule has 0 amide bonds. The van der Waals surface area contributed by atoms with Crippen LogP contribution in [0.25, 0.3) is 10.9 Å². The Hall–Kier alpha value is -1.45. The molecule has 1 aliphatic rings. The van der Waals surface area contributed by atoms with E-state index in [2.05, 4.69) is 43.2 Å². The number of nitrogens with one attached hydrogen (secondary N) is 1. The molecule has 1 aromatic heterocycles. The average molecular weight is 269 g/mol. The maximum Gasteiger partial charge on any atom is 0.0738 e. The minimum absolute atomic E-state index is 0.915. The number of aromatic nitrogens is 1. The van der Waals surface area contributed by atoms with Crippen LogP contribution < -0.4 is 5.32 Å². The van der Waals surface area contributed by atoms with Gasteiger partial charge in [-0.1, -0.05) is 11.6 Å². The van der Waals surface area contributed by atoms with Gasteiger partial charge in [-0.15, -0.1) is 0 Å². The molecule has 0 radical (unpaired) electrons. The van der Waals surface area contributed by atoms with Crippen LogP contribution in [0.3, 0.4) is 0 Å². The molecule has 0 aliphatic carbocycles. The molecule has 2 heterocycles. The molecular weight excluding hydrogens is 246 g/mol. The van der Waals surface area contributed by atoms with Gasteiger partial charge in [0.1, 0.15) is 0 Å². The Bertz CT molecular complexity index is 661. The fraction of sp³-hybridized carbons (Fsp3) is 0.471. The lowest BCUT2D eigenvalue weighted by Gasteiger charge is -2.27. The van der Waals surface area contributed by atoms with Crippen LogP contribution in [0.2, 0.25) is 0 Å². The van der Waals surface area contributed by atoms with Crippen molar-refractivity contribution in [2.45, 2.75) is 33.4 Å². The van der Waals surface area contributed by atoms with Gasteiger partial charge in [0.15, 0.2) is 0 Å². The summed E-state index contributed by atoms with van der Waals surface area (Å²) in [6.45, 7) is 7.38. The molecule has 3 rings (SSSR count). The van der Waals surface area contributed by atoms with Gasteiger partial charge in [0.2, 0.25) is 0 Å². The van der Waals surface area contributed by atoms with Crippen LogP contribution in [0.15, 0.2) is 12.1 Å². The SMILES string of the molecule is CNCc1c2c(nc3c(C)cc(C)cc13)CCN(C)C2. The minimum Gasteiger partial charge on any atom is -0.316 e. The summed E-state index contributed by atoms with van der Waals surface area (Å²) in [6.07, 6.45) is 1.06. The van der Waals surface area contributed by atoms with E-state index >= 15 is 0 Å². The Kier molecular flexibility index (Phi) is 3.48. The number of benzene rings is 1. The predicted molar refractivity (Wildman–Crippen MR) is 84.0 cm³/mol. The van der Waals surface area contributed by atoms with Crippen LogP contribution in [0.4, 0.5) is 0 Å². The van der Waals surface area contributed by atoms with Gasteiger partial charge in [-0.3, -0.25) is 4.98 Å². The van der Waals surface area contributed by atoms with E-state index in [1.807, 2.05) is 7.05 Å². The first-order valence-electron chi connectivity index (χ1n) is 7.35. The summed E-state index contributed by atoms with van der Waals surface area (Å²) in [5, 5.41) is 4.66. The van der Waals surface area contributed by atoms with Crippen molar-refractivity contribution < 1.29 is 0 Å². The molecule has 0 atom stereocenters. The summed E-state index contributed by atoms with van der Waals surface area (Å²) >= 11 is 0. The molecule has 0 fully saturated rings. The highest BCUT2D eigenvalue weighted by Gasteiger charge is 2.20. The van der Waals surface area contributed by atoms with E-state index in [0.717, 1.165) is 26.1 Å². The number of pyridine rings is 1. The van der Waals surface area contributed by atoms with Crippen LogP contribution in [0, 0.1) is 13.8 Å². The van der Waals surface area contributed by atoms with Crippen LogP contribution in [-0.2, 0) is 19.5 Å². The van der Waals surface area contributed by atoms with E-state index in [4.69, 9.17) is 4.98 Å². The summed E-state index contributed by atoms with van der Waals surface area (Å²) in [5.41, 5.74) is 7.96. The van der Waals surface area contributed by atoms with Gasteiger partial charge in [-0.25, -0.2) is 0 Å². The Morgan fingerprint density at radius 2 is 2.10 bits per heavy atom. The monoisotopic (exact) mass is 269 g/mol. The number of hydrogen-bond donors (Lipinski definition) is 1. The Morgan fingerprint density at radius 1 is 1.30 bits per heavy atom. The number of likely N-dealkylation sites (N-methyl/N-ethyl adjacent to an activating group) is 1. The fourth-order valence-corrected chi connectivity index (χ4v) is 3.30. The van der Waals surface area contributed by atoms with Crippen LogP contribution in [-0.4, -0.2) is 30.5 Å². The van der Waals surface area contributed by atoms with Crippen molar-refractivity contribution in [1.29, 1.82) is 0 Å². The minimum atomic E-state index is 0.915. The van der Waals surface area contributed by atoms with Crippen molar-refractivity contribution in [1.82, 2.24) is 15.2 Å². The fourth-order valence-electron chi connectivity index (χ4n) is 3.30. The van der Waals surface area contributed by atoms with Gasteiger partial charge in [-0.2, -0.15) is 0 Å². The molecule has 1 aliphatic heterocycles. The van der Waals surface area contributed by atoms with Crippen molar-refractivity contribution in [2.24, 2.45) is 0 Å². The molecular formula is C17H23N3. The summed E-state index contributed by atoms with van der Waals surface area (Å²) in [5.74, 6) is 0. The van der Waals surface area contributed by atoms with Crippen molar-refractivity contribution in [3.8, 4) is 0 Å². The topological polar surface area (TPSA) is 28.2 Å². The first-order chi connectivity index (χ1) is 9.60. The second kappa shape index (κ2) is 5.15. The van der Waals surface area contributed by atoms with E-state index in [-0.39, 0.29) is 0 Å². The zero-order valence-corrected chi connectivity index (χ0v) is 12.9. The predicted octanol–water partition coefficient (Wildman–Crippen LogP) is 2.56. The Morgan fingerprint density at radius 3 is 2.85 bits per heavy atom. The smallest absolute Gasteiger partial charge is 0.0738 e. The molecule has 2 aromatic rings. The molecule has 0 bridgehead atoms. The third kappa shape index (κ3) is 2.21. The van der Waals surface area contributed by atoms with E-state index in [0.29, 0.717) is 0 Å². The van der Waals surface area contributed by atoms with Gasteiger partial charge >= 0.3 is 0 Å². The van der Waals surface area contributed by atoms with Gasteiger partial charge in [0, 0.05) is 37.1 Å². The highest BCUT2D eigenvalue weighted by molar-refractivity contribution is 5.87. The van der Waals surface area contributed by atoms with Gasteiger partial charge in [0.25, 0.3) is 0 Å². The highest BCUT2D eigenvalue weighted by atomic mass is 15.1. The summed E-state index contributed by atoms with van der Waals surface area (Å²) in [6, 6.07) is 4.52. The molecule has 3 nitrogen and oxygen atoms in total. The number of aryl methyl sites for hydroxylation is 2. The molecule has 0 spiro atoms. The third-order valence-corrected chi connectivity index (χ3v) is 4.24. The molecule has 1 N–H and O–H groups in total. The lowest BCUT2D eigenvalue weighted by atomic mass is 9.93. The van der Waals surface area contributed by atoms with E-state index in [1.165, 1.54) is 38.9 Å². The van der Waals surface area contributed by atoms with E-state index in [9.17, 15) is 0 Å². The number of fused-ring (bicyclic) bond motifs is 2. The summed E-state index contributed by atoms with van der Waals surface area (Å²) in [4.78, 5) is 7.37. The molecule has 20 heavy (non-hydrogen) atoms. The average Bonchev–Trinajstić information content (AvgIpc) is 2.40. The van der Waals surface area contributed by atoms with Crippen LogP contribution in [0.1, 0.15) is 27.9 Å². The normalized spacial score (nSPS) is 15.6. The van der Waals surface area contributed by atoms with Crippen molar-refractivity contribution in [3.05, 3.63) is 40.1 Å². The van der Waals surface area contributed by atoms with Gasteiger partial charge in [0.05, 0.1) is 5.52 Å². The molecule has 1 aromatic carbocycles. The standard InChI is InChI=1S/C17H23N3/c1-11-7-12(2)17-13(8-11)14(9-18-3)15-10-20(4)6-5-16(15)19-17/h7-8,18H,5-6,9-10H2,1-4H3. The Labute approximate surface area is 121 Å². The molecule has 3 heteroatoms. The lowest BCUT2D eigenvalue weighted by Crippen LogP contribution is -2.29. The van der Waals surface area contributed by atoms with Crippen molar-refractivity contribution in [2.75, 3.05) is 20.6 Å². The maximum atomic E-state index is 4.98.